The number of carbonyl (C=O) groups excluding carboxylic acids is 1. The van der Waals surface area contributed by atoms with Gasteiger partial charge in [-0.3, -0.25) is 4.79 Å². The summed E-state index contributed by atoms with van der Waals surface area (Å²) in [7, 11) is -3.80. The van der Waals surface area contributed by atoms with Crippen LogP contribution in [0.3, 0.4) is 0 Å². The largest absolute Gasteiger partial charge is 0.349 e. The zero-order valence-corrected chi connectivity index (χ0v) is 18.7. The van der Waals surface area contributed by atoms with Crippen LogP contribution in [0.25, 0.3) is 22.0 Å². The molecule has 1 N–H and O–H groups in total. The van der Waals surface area contributed by atoms with Crippen molar-refractivity contribution in [2.45, 2.75) is 37.6 Å². The van der Waals surface area contributed by atoms with Gasteiger partial charge in [-0.25, -0.2) is 0 Å². The summed E-state index contributed by atoms with van der Waals surface area (Å²) >= 11 is 0. The summed E-state index contributed by atoms with van der Waals surface area (Å²) in [4.78, 5) is 12.7. The van der Waals surface area contributed by atoms with Gasteiger partial charge in [0.25, 0.3) is 15.9 Å². The Labute approximate surface area is 186 Å². The van der Waals surface area contributed by atoms with Crippen LogP contribution in [0.2, 0.25) is 0 Å². The van der Waals surface area contributed by atoms with Gasteiger partial charge in [-0.05, 0) is 79.8 Å². The van der Waals surface area contributed by atoms with Crippen molar-refractivity contribution in [3.63, 3.8) is 0 Å². The van der Waals surface area contributed by atoms with Crippen molar-refractivity contribution in [1.29, 1.82) is 0 Å². The van der Waals surface area contributed by atoms with Crippen molar-refractivity contribution in [3.8, 4) is 11.1 Å². The van der Waals surface area contributed by atoms with Crippen LogP contribution in [0.5, 0.6) is 0 Å². The van der Waals surface area contributed by atoms with Crippen molar-refractivity contribution < 1.29 is 13.2 Å². The van der Waals surface area contributed by atoms with Gasteiger partial charge in [0.1, 0.15) is 0 Å². The topological polar surface area (TPSA) is 81.1 Å². The molecule has 0 radical (unpaired) electrons. The summed E-state index contributed by atoms with van der Waals surface area (Å²) in [5.41, 5.74) is 4.99. The Morgan fingerprint density at radius 3 is 2.47 bits per heavy atom. The molecule has 1 heterocycles. The number of amides is 1. The molecule has 32 heavy (non-hydrogen) atoms. The summed E-state index contributed by atoms with van der Waals surface area (Å²) in [6.45, 7) is 3.90. The Balaban J connectivity index is 1.53. The first-order valence-corrected chi connectivity index (χ1v) is 12.0. The van der Waals surface area contributed by atoms with Crippen LogP contribution in [0, 0.1) is 13.8 Å². The minimum atomic E-state index is -3.80. The van der Waals surface area contributed by atoms with E-state index in [1.54, 1.807) is 36.5 Å². The molecule has 1 aliphatic carbocycles. The molecule has 4 aromatic rings. The van der Waals surface area contributed by atoms with E-state index < -0.39 is 10.0 Å². The zero-order valence-electron chi connectivity index (χ0n) is 17.9. The number of nitrogens with zero attached hydrogens (tertiary/aromatic N) is 2. The summed E-state index contributed by atoms with van der Waals surface area (Å²) in [6.07, 6.45) is 3.64. The second kappa shape index (κ2) is 7.60. The summed E-state index contributed by atoms with van der Waals surface area (Å²) in [5, 5.41) is 7.90. The van der Waals surface area contributed by atoms with Gasteiger partial charge in [0.05, 0.1) is 16.6 Å². The fraction of sp³-hybridized carbons (Fsp3) is 0.200. The molecule has 0 saturated heterocycles. The lowest BCUT2D eigenvalue weighted by molar-refractivity contribution is 0.0951. The summed E-state index contributed by atoms with van der Waals surface area (Å²) in [6, 6.07) is 18.2. The Kier molecular flexibility index (Phi) is 4.86. The second-order valence-electron chi connectivity index (χ2n) is 8.36. The first-order chi connectivity index (χ1) is 15.3. The molecule has 0 unspecified atom stereocenters. The molecular formula is C25H23N3O3S. The van der Waals surface area contributed by atoms with Gasteiger partial charge < -0.3 is 5.32 Å². The standard InChI is InChI=1S/C25H23N3O3S/c1-16-3-10-22(11-4-16)32(30,31)28-24-12-7-18(13-20(24)15-26-28)23-14-19(6-5-17(23)2)25(29)27-21-8-9-21/h3-7,10-15,21H,8-9H2,1-2H3,(H,27,29). The number of carbonyl (C=O) groups is 1. The Bertz CT molecular complexity index is 1450. The number of nitrogens with one attached hydrogen (secondary N) is 1. The van der Waals surface area contributed by atoms with Gasteiger partial charge in [-0.1, -0.05) is 29.8 Å². The zero-order chi connectivity index (χ0) is 22.5. The molecule has 1 saturated carbocycles. The first-order valence-electron chi connectivity index (χ1n) is 10.5. The smallest absolute Gasteiger partial charge is 0.283 e. The average Bonchev–Trinajstić information content (AvgIpc) is 3.48. The number of benzene rings is 3. The van der Waals surface area contributed by atoms with Crippen molar-refractivity contribution in [1.82, 2.24) is 14.5 Å². The highest BCUT2D eigenvalue weighted by molar-refractivity contribution is 7.90. The van der Waals surface area contributed by atoms with E-state index in [1.165, 1.54) is 0 Å². The Morgan fingerprint density at radius 2 is 1.75 bits per heavy atom. The van der Waals surface area contributed by atoms with Gasteiger partial charge in [0.15, 0.2) is 0 Å². The molecule has 5 rings (SSSR count). The van der Waals surface area contributed by atoms with E-state index in [-0.39, 0.29) is 10.8 Å². The fourth-order valence-electron chi connectivity index (χ4n) is 3.75. The van der Waals surface area contributed by atoms with E-state index in [4.69, 9.17) is 0 Å². The Hall–Kier alpha value is -3.45. The van der Waals surface area contributed by atoms with Gasteiger partial charge >= 0.3 is 0 Å². The lowest BCUT2D eigenvalue weighted by atomic mass is 9.97. The molecule has 0 aliphatic heterocycles. The van der Waals surface area contributed by atoms with Crippen LogP contribution in [0.15, 0.2) is 71.8 Å². The van der Waals surface area contributed by atoms with Crippen molar-refractivity contribution in [2.75, 3.05) is 0 Å². The van der Waals surface area contributed by atoms with Crippen molar-refractivity contribution >= 4 is 26.8 Å². The first kappa shape index (κ1) is 20.5. The molecule has 7 heteroatoms. The third kappa shape index (κ3) is 3.69. The molecule has 0 bridgehead atoms. The molecule has 0 atom stereocenters. The van der Waals surface area contributed by atoms with Crippen LogP contribution < -0.4 is 5.32 Å². The van der Waals surface area contributed by atoms with Crippen LogP contribution in [-0.4, -0.2) is 29.6 Å². The van der Waals surface area contributed by atoms with Gasteiger partial charge in [-0.2, -0.15) is 17.6 Å². The molecule has 3 aromatic carbocycles. The monoisotopic (exact) mass is 445 g/mol. The predicted molar refractivity (Wildman–Crippen MR) is 124 cm³/mol. The van der Waals surface area contributed by atoms with E-state index in [0.717, 1.165) is 39.2 Å². The van der Waals surface area contributed by atoms with E-state index in [9.17, 15) is 13.2 Å². The lowest BCUT2D eigenvalue weighted by Gasteiger charge is -2.11. The molecular weight excluding hydrogens is 422 g/mol. The highest BCUT2D eigenvalue weighted by Gasteiger charge is 2.24. The highest BCUT2D eigenvalue weighted by atomic mass is 32.2. The third-order valence-corrected chi connectivity index (χ3v) is 7.42. The fourth-order valence-corrected chi connectivity index (χ4v) is 5.02. The quantitative estimate of drug-likeness (QED) is 0.492. The Morgan fingerprint density at radius 1 is 1.00 bits per heavy atom. The molecule has 6 nitrogen and oxygen atoms in total. The van der Waals surface area contributed by atoms with Gasteiger partial charge in [-0.15, -0.1) is 0 Å². The van der Waals surface area contributed by atoms with Crippen LogP contribution in [-0.2, 0) is 10.0 Å². The maximum absolute atomic E-state index is 13.1. The van der Waals surface area contributed by atoms with E-state index in [0.29, 0.717) is 22.5 Å². The molecule has 1 fully saturated rings. The van der Waals surface area contributed by atoms with Gasteiger partial charge in [0.2, 0.25) is 0 Å². The second-order valence-corrected chi connectivity index (χ2v) is 10.1. The number of aryl methyl sites for hydroxylation is 2. The molecule has 162 valence electrons. The SMILES string of the molecule is Cc1ccc(S(=O)(=O)n2ncc3cc(-c4cc(C(=O)NC5CC5)ccc4C)ccc32)cc1. The number of hydrogen-bond acceptors (Lipinski definition) is 4. The number of hydrogen-bond donors (Lipinski definition) is 1. The molecule has 1 aromatic heterocycles. The molecule has 1 amide bonds. The summed E-state index contributed by atoms with van der Waals surface area (Å²) in [5.74, 6) is -0.0631. The van der Waals surface area contributed by atoms with Gasteiger partial charge in [0, 0.05) is 17.0 Å². The minimum Gasteiger partial charge on any atom is -0.349 e. The highest BCUT2D eigenvalue weighted by Crippen LogP contribution is 2.30. The van der Waals surface area contributed by atoms with E-state index in [1.807, 2.05) is 44.2 Å². The van der Waals surface area contributed by atoms with Crippen molar-refractivity contribution in [2.24, 2.45) is 0 Å². The predicted octanol–water partition coefficient (Wildman–Crippen LogP) is 4.45. The molecule has 0 spiro atoms. The van der Waals surface area contributed by atoms with Crippen molar-refractivity contribution in [3.05, 3.63) is 83.6 Å². The van der Waals surface area contributed by atoms with Crippen LogP contribution in [0.4, 0.5) is 0 Å². The lowest BCUT2D eigenvalue weighted by Crippen LogP contribution is -2.25. The summed E-state index contributed by atoms with van der Waals surface area (Å²) < 4.78 is 27.3. The number of rotatable bonds is 5. The number of fused-ring (bicyclic) bond motifs is 1. The molecule has 1 aliphatic rings. The number of aromatic nitrogens is 2. The van der Waals surface area contributed by atoms with E-state index in [2.05, 4.69) is 10.4 Å². The third-order valence-electron chi connectivity index (χ3n) is 5.81. The maximum Gasteiger partial charge on any atom is 0.283 e. The normalized spacial score (nSPS) is 13.9. The average molecular weight is 446 g/mol. The maximum atomic E-state index is 13.1. The van der Waals surface area contributed by atoms with E-state index >= 15 is 0 Å². The van der Waals surface area contributed by atoms with Crippen LogP contribution >= 0.6 is 0 Å². The van der Waals surface area contributed by atoms with Crippen LogP contribution in [0.1, 0.15) is 34.3 Å². The minimum absolute atomic E-state index is 0.0631.